The van der Waals surface area contributed by atoms with E-state index in [4.69, 9.17) is 0 Å². The summed E-state index contributed by atoms with van der Waals surface area (Å²) in [6, 6.07) is 0.589. The Kier molecular flexibility index (Phi) is 5.54. The first-order valence-electron chi connectivity index (χ1n) is 7.86. The molecule has 5 nitrogen and oxygen atoms in total. The lowest BCUT2D eigenvalue weighted by molar-refractivity contribution is 0.141. The number of aromatic nitrogens is 3. The Labute approximate surface area is 122 Å². The van der Waals surface area contributed by atoms with Crippen LogP contribution in [0, 0.1) is 11.8 Å². The summed E-state index contributed by atoms with van der Waals surface area (Å²) < 4.78 is 2.07. The van der Waals surface area contributed by atoms with Crippen molar-refractivity contribution in [2.45, 2.75) is 52.7 Å². The summed E-state index contributed by atoms with van der Waals surface area (Å²) in [5.74, 6) is 2.46. The lowest BCUT2D eigenvalue weighted by Crippen LogP contribution is -2.43. The number of likely N-dealkylation sites (tertiary alicyclic amines) is 1. The Hall–Kier alpha value is -0.940. The van der Waals surface area contributed by atoms with E-state index in [1.807, 2.05) is 0 Å². The third kappa shape index (κ3) is 4.03. The van der Waals surface area contributed by atoms with Crippen LogP contribution in [0.1, 0.15) is 39.4 Å². The quantitative estimate of drug-likeness (QED) is 0.862. The Morgan fingerprint density at radius 2 is 2.20 bits per heavy atom. The average Bonchev–Trinajstić information content (AvgIpc) is 2.84. The van der Waals surface area contributed by atoms with Crippen LogP contribution in [0.25, 0.3) is 0 Å². The number of nitrogens with zero attached hydrogens (tertiary/aromatic N) is 4. The minimum Gasteiger partial charge on any atom is -0.317 e. The van der Waals surface area contributed by atoms with Crippen molar-refractivity contribution in [3.63, 3.8) is 0 Å². The first-order valence-corrected chi connectivity index (χ1v) is 7.86. The van der Waals surface area contributed by atoms with E-state index in [9.17, 15) is 0 Å². The van der Waals surface area contributed by atoms with Gasteiger partial charge in [0.25, 0.3) is 0 Å². The zero-order valence-electron chi connectivity index (χ0n) is 13.3. The van der Waals surface area contributed by atoms with E-state index >= 15 is 0 Å². The molecule has 20 heavy (non-hydrogen) atoms. The van der Waals surface area contributed by atoms with Gasteiger partial charge in [-0.05, 0) is 45.2 Å². The van der Waals surface area contributed by atoms with Gasteiger partial charge in [0, 0.05) is 19.1 Å². The monoisotopic (exact) mass is 279 g/mol. The highest BCUT2D eigenvalue weighted by atomic mass is 15.3. The summed E-state index contributed by atoms with van der Waals surface area (Å²) in [5.41, 5.74) is 0. The van der Waals surface area contributed by atoms with Crippen molar-refractivity contribution in [2.24, 2.45) is 11.8 Å². The summed E-state index contributed by atoms with van der Waals surface area (Å²) in [6.07, 6.45) is 4.31. The van der Waals surface area contributed by atoms with E-state index in [0.717, 1.165) is 31.4 Å². The molecule has 114 valence electrons. The van der Waals surface area contributed by atoms with Gasteiger partial charge < -0.3 is 5.32 Å². The molecule has 0 radical (unpaired) electrons. The molecular formula is C15H29N5. The van der Waals surface area contributed by atoms with Crippen molar-refractivity contribution < 1.29 is 0 Å². The van der Waals surface area contributed by atoms with Crippen LogP contribution in [-0.2, 0) is 13.1 Å². The normalized spacial score (nSPS) is 22.4. The van der Waals surface area contributed by atoms with E-state index in [0.29, 0.717) is 12.0 Å². The van der Waals surface area contributed by atoms with Crippen LogP contribution in [0.15, 0.2) is 6.33 Å². The van der Waals surface area contributed by atoms with Crippen molar-refractivity contribution in [1.82, 2.24) is 25.0 Å². The number of piperidine rings is 1. The molecule has 2 rings (SSSR count). The van der Waals surface area contributed by atoms with Crippen LogP contribution < -0.4 is 5.32 Å². The molecule has 1 fully saturated rings. The lowest BCUT2D eigenvalue weighted by atomic mass is 9.92. The van der Waals surface area contributed by atoms with Crippen molar-refractivity contribution in [1.29, 1.82) is 0 Å². The van der Waals surface area contributed by atoms with Crippen LogP contribution in [0.3, 0.4) is 0 Å². The van der Waals surface area contributed by atoms with E-state index in [1.165, 1.54) is 19.4 Å². The number of nitrogens with one attached hydrogen (secondary N) is 1. The number of hydrogen-bond acceptors (Lipinski definition) is 4. The molecule has 2 atom stereocenters. The molecule has 1 aromatic heterocycles. The van der Waals surface area contributed by atoms with Crippen molar-refractivity contribution in [3.05, 3.63) is 12.2 Å². The second-order valence-corrected chi connectivity index (χ2v) is 6.47. The number of hydrogen-bond donors (Lipinski definition) is 1. The van der Waals surface area contributed by atoms with Gasteiger partial charge in [-0.1, -0.05) is 13.8 Å². The maximum absolute atomic E-state index is 4.45. The van der Waals surface area contributed by atoms with Gasteiger partial charge in [-0.2, -0.15) is 5.10 Å². The topological polar surface area (TPSA) is 46.0 Å². The predicted molar refractivity (Wildman–Crippen MR) is 81.4 cm³/mol. The molecule has 2 heterocycles. The molecular weight excluding hydrogens is 250 g/mol. The zero-order valence-corrected chi connectivity index (χ0v) is 13.3. The fraction of sp³-hybridized carbons (Fsp3) is 0.867. The standard InChI is InChI=1S/C15H29N5/c1-12(2)8-20-15(17-11-18-20)10-19-7-5-6-14(9-19)13(3)16-4/h11-14,16H,5-10H2,1-4H3. The molecule has 1 aliphatic heterocycles. The molecule has 0 amide bonds. The third-order valence-electron chi connectivity index (χ3n) is 4.30. The van der Waals surface area contributed by atoms with Gasteiger partial charge in [-0.15, -0.1) is 0 Å². The Balaban J connectivity index is 1.94. The smallest absolute Gasteiger partial charge is 0.141 e. The highest BCUT2D eigenvalue weighted by Gasteiger charge is 2.24. The van der Waals surface area contributed by atoms with E-state index in [1.54, 1.807) is 6.33 Å². The largest absolute Gasteiger partial charge is 0.317 e. The second kappa shape index (κ2) is 7.18. The summed E-state index contributed by atoms with van der Waals surface area (Å²) in [7, 11) is 2.06. The van der Waals surface area contributed by atoms with E-state index in [2.05, 4.69) is 52.8 Å². The highest BCUT2D eigenvalue weighted by molar-refractivity contribution is 4.88. The van der Waals surface area contributed by atoms with Gasteiger partial charge >= 0.3 is 0 Å². The molecule has 0 bridgehead atoms. The third-order valence-corrected chi connectivity index (χ3v) is 4.30. The van der Waals surface area contributed by atoms with E-state index in [-0.39, 0.29) is 0 Å². The average molecular weight is 279 g/mol. The summed E-state index contributed by atoms with van der Waals surface area (Å²) in [6.45, 7) is 11.0. The SMILES string of the molecule is CNC(C)C1CCCN(Cc2ncnn2CC(C)C)C1. The second-order valence-electron chi connectivity index (χ2n) is 6.47. The molecule has 0 aliphatic carbocycles. The van der Waals surface area contributed by atoms with Crippen LogP contribution >= 0.6 is 0 Å². The molecule has 1 aromatic rings. The van der Waals surface area contributed by atoms with Gasteiger partial charge in [0.2, 0.25) is 0 Å². The summed E-state index contributed by atoms with van der Waals surface area (Å²) in [4.78, 5) is 6.98. The molecule has 0 spiro atoms. The maximum atomic E-state index is 4.45. The van der Waals surface area contributed by atoms with Gasteiger partial charge in [0.15, 0.2) is 0 Å². The summed E-state index contributed by atoms with van der Waals surface area (Å²) >= 11 is 0. The molecule has 1 saturated heterocycles. The Morgan fingerprint density at radius 1 is 1.40 bits per heavy atom. The van der Waals surface area contributed by atoms with Crippen LogP contribution in [0.5, 0.6) is 0 Å². The Morgan fingerprint density at radius 3 is 2.90 bits per heavy atom. The number of rotatable bonds is 6. The van der Waals surface area contributed by atoms with Crippen molar-refractivity contribution >= 4 is 0 Å². The van der Waals surface area contributed by atoms with Gasteiger partial charge in [0.05, 0.1) is 6.54 Å². The van der Waals surface area contributed by atoms with E-state index < -0.39 is 0 Å². The molecule has 0 aromatic carbocycles. The molecule has 1 aliphatic rings. The summed E-state index contributed by atoms with van der Waals surface area (Å²) in [5, 5.41) is 7.75. The first kappa shape index (κ1) is 15.4. The minimum atomic E-state index is 0.589. The molecule has 2 unspecified atom stereocenters. The minimum absolute atomic E-state index is 0.589. The predicted octanol–water partition coefficient (Wildman–Crippen LogP) is 1.75. The fourth-order valence-corrected chi connectivity index (χ4v) is 2.99. The van der Waals surface area contributed by atoms with Crippen LogP contribution in [0.4, 0.5) is 0 Å². The van der Waals surface area contributed by atoms with Gasteiger partial charge in [-0.25, -0.2) is 9.67 Å². The zero-order chi connectivity index (χ0) is 14.5. The molecule has 5 heteroatoms. The van der Waals surface area contributed by atoms with Crippen LogP contribution in [0.2, 0.25) is 0 Å². The highest BCUT2D eigenvalue weighted by Crippen LogP contribution is 2.20. The van der Waals surface area contributed by atoms with Crippen molar-refractivity contribution in [2.75, 3.05) is 20.1 Å². The van der Waals surface area contributed by atoms with Crippen molar-refractivity contribution in [3.8, 4) is 0 Å². The maximum Gasteiger partial charge on any atom is 0.141 e. The first-order chi connectivity index (χ1) is 9.60. The van der Waals surface area contributed by atoms with Gasteiger partial charge in [-0.3, -0.25) is 4.90 Å². The van der Waals surface area contributed by atoms with Gasteiger partial charge in [0.1, 0.15) is 12.2 Å². The molecule has 1 N–H and O–H groups in total. The lowest BCUT2D eigenvalue weighted by Gasteiger charge is -2.35. The fourth-order valence-electron chi connectivity index (χ4n) is 2.99. The Bertz CT molecular complexity index is 401. The molecule has 0 saturated carbocycles. The van der Waals surface area contributed by atoms with Crippen LogP contribution in [-0.4, -0.2) is 45.8 Å².